The number of nitrogens with zero attached hydrogens (tertiary/aromatic N) is 1. The molecule has 3 aromatic rings. The number of methoxy groups -OCH3 is 1. The summed E-state index contributed by atoms with van der Waals surface area (Å²) in [6.45, 7) is 9.87. The summed E-state index contributed by atoms with van der Waals surface area (Å²) in [6, 6.07) is 18.7. The van der Waals surface area contributed by atoms with Crippen LogP contribution >= 0.6 is 0 Å². The van der Waals surface area contributed by atoms with Gasteiger partial charge in [0.15, 0.2) is 18.4 Å². The number of ketones is 1. The number of Topliss-reactive ketones (excluding diaryl/α,β-unsaturated/α-hetero) is 1. The molecule has 0 heterocycles. The fourth-order valence-corrected chi connectivity index (χ4v) is 4.66. The molecule has 0 spiro atoms. The maximum atomic E-state index is 15.1. The molecule has 9 heteroatoms. The van der Waals surface area contributed by atoms with E-state index in [0.29, 0.717) is 37.6 Å². The van der Waals surface area contributed by atoms with Gasteiger partial charge in [0.05, 0.1) is 13.2 Å². The van der Waals surface area contributed by atoms with E-state index in [2.05, 4.69) is 12.2 Å². The number of hydrogen-bond donors (Lipinski definition) is 1. The number of amides is 2. The van der Waals surface area contributed by atoms with Crippen molar-refractivity contribution in [3.05, 3.63) is 89.2 Å². The summed E-state index contributed by atoms with van der Waals surface area (Å²) in [5.74, 6) is 0.340. The molecule has 0 radical (unpaired) electrons. The number of unbranched alkanes of at least 4 members (excludes halogenated alkanes) is 4. The number of anilines is 1. The Kier molecular flexibility index (Phi) is 15.0. The molecule has 0 unspecified atom stereocenters. The van der Waals surface area contributed by atoms with Crippen LogP contribution in [0.15, 0.2) is 66.7 Å². The Balaban J connectivity index is 1.68. The Labute approximate surface area is 273 Å². The van der Waals surface area contributed by atoms with Gasteiger partial charge in [-0.3, -0.25) is 4.79 Å². The smallest absolute Gasteiger partial charge is 0.322 e. The van der Waals surface area contributed by atoms with Crippen LogP contribution in [-0.4, -0.2) is 50.4 Å². The average molecular weight is 637 g/mol. The van der Waals surface area contributed by atoms with Gasteiger partial charge in [-0.05, 0) is 41.8 Å². The lowest BCUT2D eigenvalue weighted by Gasteiger charge is -2.24. The van der Waals surface area contributed by atoms with Crippen molar-refractivity contribution in [2.45, 2.75) is 73.0 Å². The van der Waals surface area contributed by atoms with Gasteiger partial charge in [0.1, 0.15) is 23.8 Å². The third-order valence-corrected chi connectivity index (χ3v) is 7.36. The number of halogens is 1. The lowest BCUT2D eigenvalue weighted by molar-refractivity contribution is -0.00848. The largest absolute Gasteiger partial charge is 0.487 e. The van der Waals surface area contributed by atoms with E-state index < -0.39 is 17.3 Å². The average Bonchev–Trinajstić information content (AvgIpc) is 3.04. The molecular weight excluding hydrogens is 587 g/mol. The molecule has 3 aromatic carbocycles. The van der Waals surface area contributed by atoms with Crippen LogP contribution in [0.1, 0.15) is 81.3 Å². The molecule has 0 atom stereocenters. The van der Waals surface area contributed by atoms with Crippen molar-refractivity contribution >= 4 is 17.5 Å². The fourth-order valence-electron chi connectivity index (χ4n) is 4.66. The molecule has 1 N–H and O–H groups in total. The Bertz CT molecular complexity index is 1360. The van der Waals surface area contributed by atoms with Gasteiger partial charge < -0.3 is 29.2 Å². The number of nitrogens with one attached hydrogen (secondary N) is 1. The first-order valence-corrected chi connectivity index (χ1v) is 16.0. The zero-order chi connectivity index (χ0) is 33.4. The molecule has 0 aliphatic rings. The van der Waals surface area contributed by atoms with E-state index in [0.717, 1.165) is 43.2 Å². The standard InChI is InChI=1S/C37H49FN2O6/c1-6-7-8-9-10-22-40(25-28-16-20-31(21-17-28)46-27-44-24-23-43-5)36(42)39-34-32(38)12-11-13-33(34)45-26-29-14-18-30(19-15-29)35(41)37(2,3)4/h11-21H,6-10,22-27H2,1-5H3,(H,39,42). The summed E-state index contributed by atoms with van der Waals surface area (Å²) >= 11 is 0. The molecule has 46 heavy (non-hydrogen) atoms. The Morgan fingerprint density at radius 3 is 2.22 bits per heavy atom. The molecule has 250 valence electrons. The molecule has 0 saturated heterocycles. The summed E-state index contributed by atoms with van der Waals surface area (Å²) < 4.78 is 37.0. The molecule has 2 amide bonds. The van der Waals surface area contributed by atoms with Crippen molar-refractivity contribution in [2.75, 3.05) is 39.0 Å². The summed E-state index contributed by atoms with van der Waals surface area (Å²) in [5.41, 5.74) is 1.86. The van der Waals surface area contributed by atoms with Crippen molar-refractivity contribution in [3.8, 4) is 11.5 Å². The molecule has 0 bridgehead atoms. The quantitative estimate of drug-likeness (QED) is 0.0805. The monoisotopic (exact) mass is 636 g/mol. The molecule has 0 saturated carbocycles. The predicted octanol–water partition coefficient (Wildman–Crippen LogP) is 8.64. The minimum Gasteiger partial charge on any atom is -0.487 e. The Morgan fingerprint density at radius 2 is 1.54 bits per heavy atom. The minimum atomic E-state index is -0.589. The van der Waals surface area contributed by atoms with Gasteiger partial charge in [-0.25, -0.2) is 9.18 Å². The highest BCUT2D eigenvalue weighted by molar-refractivity contribution is 5.99. The van der Waals surface area contributed by atoms with Crippen LogP contribution in [0.25, 0.3) is 0 Å². The van der Waals surface area contributed by atoms with Crippen LogP contribution < -0.4 is 14.8 Å². The van der Waals surface area contributed by atoms with Gasteiger partial charge in [-0.2, -0.15) is 0 Å². The second kappa shape index (κ2) is 18.9. The van der Waals surface area contributed by atoms with Crippen molar-refractivity contribution in [1.82, 2.24) is 4.90 Å². The number of rotatable bonds is 19. The first-order valence-electron chi connectivity index (χ1n) is 16.0. The first-order chi connectivity index (χ1) is 22.1. The number of carbonyl (C=O) groups is 2. The molecule has 0 fully saturated rings. The van der Waals surface area contributed by atoms with Crippen LogP contribution in [-0.2, 0) is 22.6 Å². The molecular formula is C37H49FN2O6. The van der Waals surface area contributed by atoms with E-state index >= 15 is 4.39 Å². The first kappa shape index (κ1) is 36.5. The number of carbonyl (C=O) groups excluding carboxylic acids is 2. The van der Waals surface area contributed by atoms with Crippen LogP contribution in [0.5, 0.6) is 11.5 Å². The van der Waals surface area contributed by atoms with Crippen LogP contribution in [0, 0.1) is 11.2 Å². The summed E-state index contributed by atoms with van der Waals surface area (Å²) in [4.78, 5) is 27.9. The number of hydrogen-bond acceptors (Lipinski definition) is 6. The highest BCUT2D eigenvalue weighted by Gasteiger charge is 2.23. The second-order valence-corrected chi connectivity index (χ2v) is 12.3. The lowest BCUT2D eigenvalue weighted by atomic mass is 9.86. The highest BCUT2D eigenvalue weighted by atomic mass is 19.1. The third-order valence-electron chi connectivity index (χ3n) is 7.36. The zero-order valence-corrected chi connectivity index (χ0v) is 27.9. The van der Waals surface area contributed by atoms with E-state index in [9.17, 15) is 9.59 Å². The maximum absolute atomic E-state index is 15.1. The molecule has 0 aromatic heterocycles. The molecule has 0 aliphatic carbocycles. The number of para-hydroxylation sites is 1. The van der Waals surface area contributed by atoms with Crippen LogP contribution in [0.3, 0.4) is 0 Å². The number of ether oxygens (including phenoxy) is 4. The van der Waals surface area contributed by atoms with Gasteiger partial charge in [0.25, 0.3) is 0 Å². The fraction of sp³-hybridized carbons (Fsp3) is 0.459. The van der Waals surface area contributed by atoms with E-state index in [4.69, 9.17) is 18.9 Å². The topological polar surface area (TPSA) is 86.3 Å². The SMILES string of the molecule is CCCCCCCN(Cc1ccc(OCOCCOC)cc1)C(=O)Nc1c(F)cccc1OCc1ccc(C(=O)C(C)(C)C)cc1. The van der Waals surface area contributed by atoms with Gasteiger partial charge in [0, 0.05) is 31.2 Å². The zero-order valence-electron chi connectivity index (χ0n) is 27.9. The molecule has 8 nitrogen and oxygen atoms in total. The van der Waals surface area contributed by atoms with E-state index in [1.165, 1.54) is 6.07 Å². The van der Waals surface area contributed by atoms with Gasteiger partial charge in [-0.15, -0.1) is 0 Å². The van der Waals surface area contributed by atoms with Crippen molar-refractivity contribution in [1.29, 1.82) is 0 Å². The minimum absolute atomic E-state index is 0.0137. The van der Waals surface area contributed by atoms with E-state index in [-0.39, 0.29) is 30.6 Å². The Morgan fingerprint density at radius 1 is 0.848 bits per heavy atom. The van der Waals surface area contributed by atoms with E-state index in [1.807, 2.05) is 57.2 Å². The second-order valence-electron chi connectivity index (χ2n) is 12.3. The van der Waals surface area contributed by atoms with Gasteiger partial charge in [-0.1, -0.05) is 95.8 Å². The normalized spacial score (nSPS) is 11.3. The highest BCUT2D eigenvalue weighted by Crippen LogP contribution is 2.29. The lowest BCUT2D eigenvalue weighted by Crippen LogP contribution is -2.35. The van der Waals surface area contributed by atoms with Gasteiger partial charge in [0.2, 0.25) is 0 Å². The molecule has 3 rings (SSSR count). The van der Waals surface area contributed by atoms with Crippen molar-refractivity contribution < 1.29 is 32.9 Å². The molecule has 0 aliphatic heterocycles. The van der Waals surface area contributed by atoms with Crippen molar-refractivity contribution in [3.63, 3.8) is 0 Å². The summed E-state index contributed by atoms with van der Waals surface area (Å²) in [6.07, 6.45) is 5.21. The van der Waals surface area contributed by atoms with Gasteiger partial charge >= 0.3 is 6.03 Å². The summed E-state index contributed by atoms with van der Waals surface area (Å²) in [7, 11) is 1.61. The maximum Gasteiger partial charge on any atom is 0.322 e. The summed E-state index contributed by atoms with van der Waals surface area (Å²) in [5, 5.41) is 2.78. The predicted molar refractivity (Wildman–Crippen MR) is 179 cm³/mol. The third kappa shape index (κ3) is 12.1. The number of urea groups is 1. The van der Waals surface area contributed by atoms with Crippen molar-refractivity contribution in [2.24, 2.45) is 5.41 Å². The number of benzene rings is 3. The Hall–Kier alpha value is -3.95. The van der Waals surface area contributed by atoms with Crippen LogP contribution in [0.4, 0.5) is 14.9 Å². The van der Waals surface area contributed by atoms with Crippen LogP contribution in [0.2, 0.25) is 0 Å². The van der Waals surface area contributed by atoms with E-state index in [1.54, 1.807) is 36.3 Å².